The van der Waals surface area contributed by atoms with E-state index in [0.29, 0.717) is 18.2 Å². The first kappa shape index (κ1) is 16.8. The molecule has 1 heterocycles. The normalized spacial score (nSPS) is 18.4. The number of ether oxygens (including phenoxy) is 1. The molecule has 0 bridgehead atoms. The maximum absolute atomic E-state index is 8.98. The molecule has 1 fully saturated rings. The lowest BCUT2D eigenvalue weighted by molar-refractivity contribution is 0.322. The molecule has 2 N–H and O–H groups in total. The molecule has 1 aromatic carbocycles. The summed E-state index contributed by atoms with van der Waals surface area (Å²) in [6.45, 7) is 5.64. The Kier molecular flexibility index (Phi) is 6.80. The highest BCUT2D eigenvalue weighted by Crippen LogP contribution is 2.21. The highest BCUT2D eigenvalue weighted by atomic mass is 35.5. The third-order valence-electron chi connectivity index (χ3n) is 3.50. The molecule has 2 rings (SSSR count). The van der Waals surface area contributed by atoms with Crippen molar-refractivity contribution in [2.75, 3.05) is 26.2 Å². The lowest BCUT2D eigenvalue weighted by Gasteiger charge is -2.16. The number of nitriles is 1. The van der Waals surface area contributed by atoms with Crippen LogP contribution in [0.2, 0.25) is 0 Å². The first-order valence-electron chi connectivity index (χ1n) is 6.86. The highest BCUT2D eigenvalue weighted by molar-refractivity contribution is 5.85. The summed E-state index contributed by atoms with van der Waals surface area (Å²) in [5, 5.41) is 8.98. The van der Waals surface area contributed by atoms with Gasteiger partial charge in [0.15, 0.2) is 0 Å². The molecule has 0 spiro atoms. The van der Waals surface area contributed by atoms with Crippen molar-refractivity contribution in [2.24, 2.45) is 5.73 Å². The maximum atomic E-state index is 8.98. The number of hydrogen-bond acceptors (Lipinski definition) is 4. The monoisotopic (exact) mass is 295 g/mol. The summed E-state index contributed by atoms with van der Waals surface area (Å²) in [4.78, 5) is 2.37. The van der Waals surface area contributed by atoms with Gasteiger partial charge in [-0.2, -0.15) is 5.26 Å². The molecule has 1 aliphatic rings. The molecule has 20 heavy (non-hydrogen) atoms. The van der Waals surface area contributed by atoms with E-state index in [9.17, 15) is 0 Å². The van der Waals surface area contributed by atoms with Gasteiger partial charge in [0.2, 0.25) is 0 Å². The van der Waals surface area contributed by atoms with E-state index in [2.05, 4.69) is 11.0 Å². The van der Waals surface area contributed by atoms with Crippen molar-refractivity contribution in [1.82, 2.24) is 4.90 Å². The lowest BCUT2D eigenvalue weighted by atomic mass is 10.1. The molecule has 4 nitrogen and oxygen atoms in total. The summed E-state index contributed by atoms with van der Waals surface area (Å²) in [6, 6.07) is 8.13. The quantitative estimate of drug-likeness (QED) is 0.902. The Bertz CT molecular complexity index is 473. The minimum Gasteiger partial charge on any atom is -0.494 e. The summed E-state index contributed by atoms with van der Waals surface area (Å²) < 4.78 is 5.62. The summed E-state index contributed by atoms with van der Waals surface area (Å²) in [5.74, 6) is 0.894. The molecule has 0 unspecified atom stereocenters. The number of nitrogens with two attached hydrogens (primary N) is 1. The Labute approximate surface area is 126 Å². The van der Waals surface area contributed by atoms with Crippen molar-refractivity contribution in [3.63, 3.8) is 0 Å². The number of likely N-dealkylation sites (tertiary alicyclic amines) is 1. The van der Waals surface area contributed by atoms with E-state index >= 15 is 0 Å². The van der Waals surface area contributed by atoms with Gasteiger partial charge in [0.25, 0.3) is 0 Å². The fraction of sp³-hybridized carbons (Fsp3) is 0.533. The van der Waals surface area contributed by atoms with Gasteiger partial charge in [0.1, 0.15) is 5.75 Å². The van der Waals surface area contributed by atoms with Crippen molar-refractivity contribution in [3.05, 3.63) is 29.3 Å². The van der Waals surface area contributed by atoms with Crippen LogP contribution >= 0.6 is 12.4 Å². The Balaban J connectivity index is 0.00000200. The standard InChI is InChI=1S/C15H21N3O.ClH/c1-2-19-15-4-3-12(10-16)9-13(15)5-7-18-8-6-14(17)11-18;/h3-4,9,14H,2,5-8,11,17H2,1H3;1H/t14-;/m1./s1. The van der Waals surface area contributed by atoms with Crippen LogP contribution in [0, 0.1) is 11.3 Å². The largest absolute Gasteiger partial charge is 0.494 e. The van der Waals surface area contributed by atoms with Gasteiger partial charge in [-0.05, 0) is 50.1 Å². The average molecular weight is 296 g/mol. The first-order chi connectivity index (χ1) is 9.22. The molecule has 0 amide bonds. The molecular weight excluding hydrogens is 274 g/mol. The summed E-state index contributed by atoms with van der Waals surface area (Å²) >= 11 is 0. The second-order valence-electron chi connectivity index (χ2n) is 4.97. The van der Waals surface area contributed by atoms with Crippen LogP contribution in [0.4, 0.5) is 0 Å². The van der Waals surface area contributed by atoms with E-state index in [4.69, 9.17) is 15.7 Å². The van der Waals surface area contributed by atoms with Gasteiger partial charge in [-0.15, -0.1) is 12.4 Å². The maximum Gasteiger partial charge on any atom is 0.122 e. The van der Waals surface area contributed by atoms with Crippen LogP contribution in [0.3, 0.4) is 0 Å². The predicted octanol–water partition coefficient (Wildman–Crippen LogP) is 1.95. The Morgan fingerprint density at radius 3 is 2.90 bits per heavy atom. The van der Waals surface area contributed by atoms with Crippen LogP contribution in [0.1, 0.15) is 24.5 Å². The highest BCUT2D eigenvalue weighted by Gasteiger charge is 2.18. The molecule has 0 aliphatic carbocycles. The van der Waals surface area contributed by atoms with Gasteiger partial charge in [-0.1, -0.05) is 0 Å². The van der Waals surface area contributed by atoms with Gasteiger partial charge in [-0.25, -0.2) is 0 Å². The molecule has 5 heteroatoms. The Morgan fingerprint density at radius 1 is 1.50 bits per heavy atom. The number of benzene rings is 1. The van der Waals surface area contributed by atoms with E-state index in [1.54, 1.807) is 6.07 Å². The van der Waals surface area contributed by atoms with Crippen molar-refractivity contribution >= 4 is 12.4 Å². The zero-order chi connectivity index (χ0) is 13.7. The zero-order valence-corrected chi connectivity index (χ0v) is 12.7. The molecule has 1 saturated heterocycles. The SMILES string of the molecule is CCOc1ccc(C#N)cc1CCN1CC[C@@H](N)C1.Cl. The van der Waals surface area contributed by atoms with Crippen LogP contribution in [0.15, 0.2) is 18.2 Å². The van der Waals surface area contributed by atoms with Crippen LogP contribution in [-0.2, 0) is 6.42 Å². The van der Waals surface area contributed by atoms with Crippen molar-refractivity contribution in [3.8, 4) is 11.8 Å². The number of nitrogens with zero attached hydrogens (tertiary/aromatic N) is 2. The van der Waals surface area contributed by atoms with E-state index in [1.165, 1.54) is 0 Å². The van der Waals surface area contributed by atoms with Gasteiger partial charge in [-0.3, -0.25) is 0 Å². The second kappa shape index (κ2) is 8.11. The summed E-state index contributed by atoms with van der Waals surface area (Å²) in [7, 11) is 0. The van der Waals surface area contributed by atoms with Crippen LogP contribution in [0.5, 0.6) is 5.75 Å². The molecule has 0 radical (unpaired) electrons. The molecular formula is C15H22ClN3O. The fourth-order valence-corrected chi connectivity index (χ4v) is 2.48. The van der Waals surface area contributed by atoms with Gasteiger partial charge < -0.3 is 15.4 Å². The smallest absolute Gasteiger partial charge is 0.122 e. The van der Waals surface area contributed by atoms with Crippen molar-refractivity contribution < 1.29 is 4.74 Å². The average Bonchev–Trinajstić information content (AvgIpc) is 2.83. The summed E-state index contributed by atoms with van der Waals surface area (Å²) in [5.41, 5.74) is 7.71. The molecule has 1 atom stereocenters. The minimum atomic E-state index is 0. The first-order valence-corrected chi connectivity index (χ1v) is 6.86. The molecule has 1 aliphatic heterocycles. The Hall–Kier alpha value is -1.28. The third kappa shape index (κ3) is 4.38. The van der Waals surface area contributed by atoms with Gasteiger partial charge in [0.05, 0.1) is 18.2 Å². The zero-order valence-electron chi connectivity index (χ0n) is 11.8. The number of halogens is 1. The number of rotatable bonds is 5. The molecule has 0 aromatic heterocycles. The van der Waals surface area contributed by atoms with E-state index < -0.39 is 0 Å². The molecule has 110 valence electrons. The third-order valence-corrected chi connectivity index (χ3v) is 3.50. The summed E-state index contributed by atoms with van der Waals surface area (Å²) in [6.07, 6.45) is 1.98. The van der Waals surface area contributed by atoms with E-state index in [0.717, 1.165) is 43.8 Å². The molecule has 1 aromatic rings. The topological polar surface area (TPSA) is 62.3 Å². The molecule has 0 saturated carbocycles. The van der Waals surface area contributed by atoms with Crippen LogP contribution in [0.25, 0.3) is 0 Å². The number of hydrogen-bond donors (Lipinski definition) is 1. The van der Waals surface area contributed by atoms with Gasteiger partial charge >= 0.3 is 0 Å². The van der Waals surface area contributed by atoms with Crippen LogP contribution < -0.4 is 10.5 Å². The van der Waals surface area contributed by atoms with E-state index in [-0.39, 0.29) is 12.4 Å². The van der Waals surface area contributed by atoms with E-state index in [1.807, 2.05) is 19.1 Å². The Morgan fingerprint density at radius 2 is 2.30 bits per heavy atom. The van der Waals surface area contributed by atoms with Crippen molar-refractivity contribution in [2.45, 2.75) is 25.8 Å². The predicted molar refractivity (Wildman–Crippen MR) is 82.3 cm³/mol. The van der Waals surface area contributed by atoms with Gasteiger partial charge in [0, 0.05) is 19.1 Å². The fourth-order valence-electron chi connectivity index (χ4n) is 2.48. The van der Waals surface area contributed by atoms with Crippen molar-refractivity contribution in [1.29, 1.82) is 5.26 Å². The minimum absolute atomic E-state index is 0. The second-order valence-corrected chi connectivity index (χ2v) is 4.97. The van der Waals surface area contributed by atoms with Crippen LogP contribution in [-0.4, -0.2) is 37.2 Å². The lowest BCUT2D eigenvalue weighted by Crippen LogP contribution is -2.28.